The average Bonchev–Trinajstić information content (AvgIpc) is 2.48. The summed E-state index contributed by atoms with van der Waals surface area (Å²) >= 11 is 0. The highest BCUT2D eigenvalue weighted by Gasteiger charge is 2.17. The molecular weight excluding hydrogens is 246 g/mol. The van der Waals surface area contributed by atoms with E-state index in [1.807, 2.05) is 36.4 Å². The number of benzene rings is 2. The Morgan fingerprint density at radius 2 is 1.70 bits per heavy atom. The Labute approximate surface area is 119 Å². The van der Waals surface area contributed by atoms with E-state index in [4.69, 9.17) is 0 Å². The van der Waals surface area contributed by atoms with Crippen LogP contribution >= 0.6 is 0 Å². The standard InChI is InChI=1S/C17H17N3/c18-13-14-7-1-3-9-16(14)20-12-6-5-11-19-15-8-2-4-10-17(15)20/h1-4,7-10,19H,5-6,11-12H2. The third-order valence-corrected chi connectivity index (χ3v) is 3.63. The van der Waals surface area contributed by atoms with Crippen LogP contribution in [0.4, 0.5) is 17.1 Å². The summed E-state index contributed by atoms with van der Waals surface area (Å²) in [5, 5.41) is 12.8. The van der Waals surface area contributed by atoms with E-state index in [-0.39, 0.29) is 0 Å². The molecule has 2 aromatic rings. The monoisotopic (exact) mass is 263 g/mol. The number of nitrogens with one attached hydrogen (secondary N) is 1. The maximum Gasteiger partial charge on any atom is 0.101 e. The molecule has 1 N–H and O–H groups in total. The lowest BCUT2D eigenvalue weighted by Gasteiger charge is -2.30. The van der Waals surface area contributed by atoms with Crippen molar-refractivity contribution in [1.29, 1.82) is 5.26 Å². The molecule has 0 spiro atoms. The molecule has 20 heavy (non-hydrogen) atoms. The van der Waals surface area contributed by atoms with Crippen LogP contribution in [0.5, 0.6) is 0 Å². The van der Waals surface area contributed by atoms with Crippen molar-refractivity contribution in [2.75, 3.05) is 23.3 Å². The molecule has 1 aliphatic heterocycles. The summed E-state index contributed by atoms with van der Waals surface area (Å²) in [6, 6.07) is 18.4. The van der Waals surface area contributed by atoms with Crippen molar-refractivity contribution in [3.63, 3.8) is 0 Å². The van der Waals surface area contributed by atoms with Crippen LogP contribution in [-0.2, 0) is 0 Å². The maximum atomic E-state index is 9.33. The first kappa shape index (κ1) is 12.6. The molecule has 100 valence electrons. The van der Waals surface area contributed by atoms with Crippen molar-refractivity contribution in [1.82, 2.24) is 0 Å². The molecule has 3 nitrogen and oxygen atoms in total. The lowest BCUT2D eigenvalue weighted by molar-refractivity contribution is 0.747. The van der Waals surface area contributed by atoms with E-state index in [2.05, 4.69) is 28.4 Å². The van der Waals surface area contributed by atoms with Gasteiger partial charge in [-0.15, -0.1) is 0 Å². The molecule has 0 radical (unpaired) electrons. The molecule has 0 aromatic heterocycles. The van der Waals surface area contributed by atoms with Crippen LogP contribution in [0.2, 0.25) is 0 Å². The van der Waals surface area contributed by atoms with E-state index in [0.29, 0.717) is 0 Å². The normalized spacial score (nSPS) is 14.4. The number of nitrogens with zero attached hydrogens (tertiary/aromatic N) is 2. The van der Waals surface area contributed by atoms with Crippen LogP contribution in [-0.4, -0.2) is 13.1 Å². The Hall–Kier alpha value is -2.47. The summed E-state index contributed by atoms with van der Waals surface area (Å²) in [6.45, 7) is 1.95. The van der Waals surface area contributed by atoms with Crippen molar-refractivity contribution in [2.24, 2.45) is 0 Å². The fourth-order valence-electron chi connectivity index (χ4n) is 2.65. The number of rotatable bonds is 1. The third kappa shape index (κ3) is 2.33. The van der Waals surface area contributed by atoms with Crippen LogP contribution in [0.25, 0.3) is 0 Å². The highest BCUT2D eigenvalue weighted by molar-refractivity contribution is 5.79. The van der Waals surface area contributed by atoms with Gasteiger partial charge in [0.2, 0.25) is 0 Å². The lowest BCUT2D eigenvalue weighted by atomic mass is 10.1. The van der Waals surface area contributed by atoms with Crippen molar-refractivity contribution in [3.8, 4) is 6.07 Å². The van der Waals surface area contributed by atoms with E-state index in [1.165, 1.54) is 0 Å². The fraction of sp³-hybridized carbons (Fsp3) is 0.235. The molecule has 2 aromatic carbocycles. The number of nitriles is 1. The van der Waals surface area contributed by atoms with Gasteiger partial charge in [0.15, 0.2) is 0 Å². The predicted molar refractivity (Wildman–Crippen MR) is 82.3 cm³/mol. The van der Waals surface area contributed by atoms with E-state index in [1.54, 1.807) is 0 Å². The second kappa shape index (κ2) is 5.66. The summed E-state index contributed by atoms with van der Waals surface area (Å²) in [7, 11) is 0. The minimum absolute atomic E-state index is 0.725. The zero-order chi connectivity index (χ0) is 13.8. The summed E-state index contributed by atoms with van der Waals surface area (Å²) in [5.74, 6) is 0. The van der Waals surface area contributed by atoms with E-state index >= 15 is 0 Å². The lowest BCUT2D eigenvalue weighted by Crippen LogP contribution is -2.23. The second-order valence-electron chi connectivity index (χ2n) is 4.93. The number of hydrogen-bond donors (Lipinski definition) is 1. The quantitative estimate of drug-likeness (QED) is 0.848. The first-order valence-electron chi connectivity index (χ1n) is 7.00. The molecule has 0 fully saturated rings. The summed E-state index contributed by atoms with van der Waals surface area (Å²) in [4.78, 5) is 2.25. The van der Waals surface area contributed by atoms with E-state index in [0.717, 1.165) is 48.6 Å². The SMILES string of the molecule is N#Cc1ccccc1N1CCCCNc2ccccc21. The minimum atomic E-state index is 0.725. The van der Waals surface area contributed by atoms with Gasteiger partial charge < -0.3 is 10.2 Å². The van der Waals surface area contributed by atoms with Gasteiger partial charge in [-0.3, -0.25) is 0 Å². The van der Waals surface area contributed by atoms with Gasteiger partial charge in [-0.05, 0) is 37.1 Å². The average molecular weight is 263 g/mol. The zero-order valence-electron chi connectivity index (χ0n) is 11.3. The first-order chi connectivity index (χ1) is 9.90. The molecule has 0 bridgehead atoms. The predicted octanol–water partition coefficient (Wildman–Crippen LogP) is 3.90. The Bertz CT molecular complexity index is 643. The summed E-state index contributed by atoms with van der Waals surface area (Å²) in [6.07, 6.45) is 2.25. The van der Waals surface area contributed by atoms with Gasteiger partial charge in [-0.2, -0.15) is 5.26 Å². The minimum Gasteiger partial charge on any atom is -0.383 e. The number of anilines is 3. The van der Waals surface area contributed by atoms with Gasteiger partial charge >= 0.3 is 0 Å². The third-order valence-electron chi connectivity index (χ3n) is 3.63. The molecule has 0 saturated heterocycles. The fourth-order valence-corrected chi connectivity index (χ4v) is 2.65. The number of fused-ring (bicyclic) bond motifs is 1. The van der Waals surface area contributed by atoms with Crippen LogP contribution in [0, 0.1) is 11.3 Å². The topological polar surface area (TPSA) is 39.1 Å². The molecule has 0 unspecified atom stereocenters. The van der Waals surface area contributed by atoms with Gasteiger partial charge in [-0.25, -0.2) is 0 Å². The summed E-state index contributed by atoms with van der Waals surface area (Å²) in [5.41, 5.74) is 4.00. The molecule has 0 saturated carbocycles. The molecule has 3 heteroatoms. The smallest absolute Gasteiger partial charge is 0.101 e. The first-order valence-corrected chi connectivity index (χ1v) is 7.00. The largest absolute Gasteiger partial charge is 0.383 e. The molecular formula is C17H17N3. The Morgan fingerprint density at radius 1 is 0.950 bits per heavy atom. The van der Waals surface area contributed by atoms with Gasteiger partial charge in [0.1, 0.15) is 6.07 Å². The Balaban J connectivity index is 2.11. The highest BCUT2D eigenvalue weighted by atomic mass is 15.2. The van der Waals surface area contributed by atoms with Gasteiger partial charge in [0.05, 0.1) is 22.6 Å². The van der Waals surface area contributed by atoms with Crippen LogP contribution in [0.15, 0.2) is 48.5 Å². The van der Waals surface area contributed by atoms with Gasteiger partial charge in [-0.1, -0.05) is 24.3 Å². The Kier molecular flexibility index (Phi) is 3.56. The van der Waals surface area contributed by atoms with Crippen LogP contribution < -0.4 is 10.2 Å². The Morgan fingerprint density at radius 3 is 2.55 bits per heavy atom. The number of para-hydroxylation sites is 3. The molecule has 0 atom stereocenters. The molecule has 3 rings (SSSR count). The van der Waals surface area contributed by atoms with Crippen LogP contribution in [0.1, 0.15) is 18.4 Å². The molecule has 0 amide bonds. The molecule has 1 aliphatic rings. The van der Waals surface area contributed by atoms with E-state index in [9.17, 15) is 5.26 Å². The molecule has 0 aliphatic carbocycles. The van der Waals surface area contributed by atoms with Crippen molar-refractivity contribution >= 4 is 17.1 Å². The van der Waals surface area contributed by atoms with Crippen molar-refractivity contribution in [3.05, 3.63) is 54.1 Å². The van der Waals surface area contributed by atoms with Crippen molar-refractivity contribution in [2.45, 2.75) is 12.8 Å². The maximum absolute atomic E-state index is 9.33. The summed E-state index contributed by atoms with van der Waals surface area (Å²) < 4.78 is 0. The van der Waals surface area contributed by atoms with E-state index < -0.39 is 0 Å². The highest BCUT2D eigenvalue weighted by Crippen LogP contribution is 2.35. The zero-order valence-corrected chi connectivity index (χ0v) is 11.3. The van der Waals surface area contributed by atoms with Crippen molar-refractivity contribution < 1.29 is 0 Å². The van der Waals surface area contributed by atoms with Crippen LogP contribution in [0.3, 0.4) is 0 Å². The van der Waals surface area contributed by atoms with Gasteiger partial charge in [0.25, 0.3) is 0 Å². The molecule has 1 heterocycles. The van der Waals surface area contributed by atoms with Gasteiger partial charge in [0, 0.05) is 13.1 Å². The second-order valence-corrected chi connectivity index (χ2v) is 4.93. The number of hydrogen-bond acceptors (Lipinski definition) is 3.